The van der Waals surface area contributed by atoms with Crippen molar-refractivity contribution in [3.8, 4) is 0 Å². The summed E-state index contributed by atoms with van der Waals surface area (Å²) in [5.74, 6) is -0.925. The SMILES string of the molecule is CC/C=C\C/C=C\C/C=C\C/C=C\C/C=C\C/C=C\C/C=C\CCCCCC(=O)OCC(COC(=O)CCCCCCC/C=C\CCCCCC)OC(=O)CCCCCCCCCCCCCCCCCC. The van der Waals surface area contributed by atoms with Crippen LogP contribution >= 0.6 is 0 Å². The number of unbranched alkanes of at least 4 members (excludes halogenated alkanes) is 27. The lowest BCUT2D eigenvalue weighted by molar-refractivity contribution is -0.167. The van der Waals surface area contributed by atoms with Crippen molar-refractivity contribution in [3.05, 3.63) is 97.2 Å². The molecule has 0 aliphatic carbocycles. The van der Waals surface area contributed by atoms with E-state index in [4.69, 9.17) is 14.2 Å². The van der Waals surface area contributed by atoms with Crippen LogP contribution in [0.5, 0.6) is 0 Å². The summed E-state index contributed by atoms with van der Waals surface area (Å²) in [5, 5.41) is 0. The van der Waals surface area contributed by atoms with E-state index in [1.807, 2.05) is 0 Å². The van der Waals surface area contributed by atoms with Crippen molar-refractivity contribution in [1.82, 2.24) is 0 Å². The van der Waals surface area contributed by atoms with Gasteiger partial charge in [0.1, 0.15) is 13.2 Å². The normalized spacial score (nSPS) is 12.8. The number of carbonyl (C=O) groups is 3. The quantitative estimate of drug-likeness (QED) is 0.0261. The summed E-state index contributed by atoms with van der Waals surface area (Å²) in [6, 6.07) is 0. The average molecular weight is 1000 g/mol. The van der Waals surface area contributed by atoms with Crippen LogP contribution < -0.4 is 0 Å². The zero-order valence-corrected chi connectivity index (χ0v) is 47.2. The standard InChI is InChI=1S/C66H112O6/c1-4-7-10-13-16-19-22-25-27-29-30-31-32-33-34-35-36-37-39-41-44-47-50-53-56-59-65(68)71-62-63(61-70-64(67)58-55-52-49-46-43-40-24-21-18-15-12-9-6-3)72-66(69)60-57-54-51-48-45-42-38-28-26-23-20-17-14-11-8-5-2/h7,10,16,19,21,24-25,27,30-31,33-34,36-37,41,44,63H,4-6,8-9,11-15,17-18,20,22-23,26,28-29,32,35,38-40,42-43,45-62H2,1-3H3/b10-7-,19-16-,24-21-,27-25-,31-30-,34-33-,37-36-,44-41-. The lowest BCUT2D eigenvalue weighted by atomic mass is 10.0. The van der Waals surface area contributed by atoms with Gasteiger partial charge in [0.2, 0.25) is 0 Å². The van der Waals surface area contributed by atoms with E-state index in [0.29, 0.717) is 19.3 Å². The number of ether oxygens (including phenoxy) is 3. The van der Waals surface area contributed by atoms with Crippen LogP contribution in [0.4, 0.5) is 0 Å². The molecular formula is C66H112O6. The van der Waals surface area contributed by atoms with Gasteiger partial charge < -0.3 is 14.2 Å². The van der Waals surface area contributed by atoms with Crippen LogP contribution in [-0.2, 0) is 28.6 Å². The summed E-state index contributed by atoms with van der Waals surface area (Å²) in [6.07, 6.45) is 79.7. The predicted octanol–water partition coefficient (Wildman–Crippen LogP) is 20.5. The molecule has 1 atom stereocenters. The number of hydrogen-bond donors (Lipinski definition) is 0. The molecule has 6 nitrogen and oxygen atoms in total. The second-order valence-corrected chi connectivity index (χ2v) is 19.9. The topological polar surface area (TPSA) is 78.9 Å². The van der Waals surface area contributed by atoms with Gasteiger partial charge in [0.25, 0.3) is 0 Å². The van der Waals surface area contributed by atoms with Crippen molar-refractivity contribution < 1.29 is 28.6 Å². The Kier molecular flexibility index (Phi) is 56.8. The van der Waals surface area contributed by atoms with E-state index in [0.717, 1.165) is 116 Å². The van der Waals surface area contributed by atoms with E-state index in [9.17, 15) is 14.4 Å². The van der Waals surface area contributed by atoms with Gasteiger partial charge in [-0.15, -0.1) is 0 Å². The molecule has 6 heteroatoms. The van der Waals surface area contributed by atoms with Crippen molar-refractivity contribution in [2.45, 2.75) is 290 Å². The van der Waals surface area contributed by atoms with Gasteiger partial charge in [-0.3, -0.25) is 14.4 Å². The summed E-state index contributed by atoms with van der Waals surface area (Å²) in [7, 11) is 0. The molecule has 1 unspecified atom stereocenters. The molecule has 0 saturated heterocycles. The van der Waals surface area contributed by atoms with Crippen LogP contribution in [0.15, 0.2) is 97.2 Å². The third-order valence-corrected chi connectivity index (χ3v) is 12.8. The molecule has 0 saturated carbocycles. The maximum atomic E-state index is 12.9. The van der Waals surface area contributed by atoms with E-state index in [1.165, 1.54) is 128 Å². The molecule has 0 fully saturated rings. The molecule has 0 heterocycles. The molecule has 0 N–H and O–H groups in total. The summed E-state index contributed by atoms with van der Waals surface area (Å²) in [4.78, 5) is 38.2. The minimum absolute atomic E-state index is 0.0908. The van der Waals surface area contributed by atoms with E-state index in [-0.39, 0.29) is 31.1 Å². The third-order valence-electron chi connectivity index (χ3n) is 12.8. The number of rotatable bonds is 54. The van der Waals surface area contributed by atoms with Crippen molar-refractivity contribution in [2.75, 3.05) is 13.2 Å². The first-order valence-electron chi connectivity index (χ1n) is 30.2. The number of allylic oxidation sites excluding steroid dienone is 16. The molecule has 0 radical (unpaired) electrons. The van der Waals surface area contributed by atoms with Crippen LogP contribution in [0, 0.1) is 0 Å². The lowest BCUT2D eigenvalue weighted by Crippen LogP contribution is -2.30. The van der Waals surface area contributed by atoms with Gasteiger partial charge >= 0.3 is 17.9 Å². The lowest BCUT2D eigenvalue weighted by Gasteiger charge is -2.18. The highest BCUT2D eigenvalue weighted by atomic mass is 16.6. The van der Waals surface area contributed by atoms with E-state index in [1.54, 1.807) is 0 Å². The maximum Gasteiger partial charge on any atom is 0.306 e. The number of carbonyl (C=O) groups excluding carboxylic acids is 3. The fourth-order valence-corrected chi connectivity index (χ4v) is 8.30. The maximum absolute atomic E-state index is 12.9. The molecule has 0 spiro atoms. The molecule has 0 aromatic rings. The second kappa shape index (κ2) is 59.9. The van der Waals surface area contributed by atoms with E-state index in [2.05, 4.69) is 118 Å². The van der Waals surface area contributed by atoms with Crippen LogP contribution in [0.25, 0.3) is 0 Å². The van der Waals surface area contributed by atoms with Gasteiger partial charge in [0.15, 0.2) is 6.10 Å². The molecule has 0 aliphatic heterocycles. The smallest absolute Gasteiger partial charge is 0.306 e. The first kappa shape index (κ1) is 68.3. The molecule has 0 aromatic heterocycles. The van der Waals surface area contributed by atoms with Crippen molar-refractivity contribution >= 4 is 17.9 Å². The monoisotopic (exact) mass is 1000 g/mol. The van der Waals surface area contributed by atoms with Crippen LogP contribution in [0.2, 0.25) is 0 Å². The van der Waals surface area contributed by atoms with Crippen LogP contribution in [-0.4, -0.2) is 37.2 Å². The third kappa shape index (κ3) is 57.2. The molecule has 0 rings (SSSR count). The molecule has 0 aromatic carbocycles. The van der Waals surface area contributed by atoms with Gasteiger partial charge in [-0.1, -0.05) is 259 Å². The van der Waals surface area contributed by atoms with Gasteiger partial charge in [-0.2, -0.15) is 0 Å². The Labute approximate surface area is 445 Å². The first-order chi connectivity index (χ1) is 35.5. The van der Waals surface area contributed by atoms with Crippen molar-refractivity contribution in [2.24, 2.45) is 0 Å². The summed E-state index contributed by atoms with van der Waals surface area (Å²) in [6.45, 7) is 6.49. The molecule has 72 heavy (non-hydrogen) atoms. The van der Waals surface area contributed by atoms with E-state index < -0.39 is 6.10 Å². The Morgan fingerprint density at radius 2 is 0.542 bits per heavy atom. The van der Waals surface area contributed by atoms with Crippen molar-refractivity contribution in [1.29, 1.82) is 0 Å². The zero-order chi connectivity index (χ0) is 52.2. The highest BCUT2D eigenvalue weighted by molar-refractivity contribution is 5.71. The second-order valence-electron chi connectivity index (χ2n) is 19.9. The Bertz CT molecular complexity index is 1430. The fourth-order valence-electron chi connectivity index (χ4n) is 8.30. The Hall–Kier alpha value is -3.67. The highest BCUT2D eigenvalue weighted by Gasteiger charge is 2.19. The van der Waals surface area contributed by atoms with Crippen LogP contribution in [0.3, 0.4) is 0 Å². The van der Waals surface area contributed by atoms with Crippen molar-refractivity contribution in [3.63, 3.8) is 0 Å². The van der Waals surface area contributed by atoms with Gasteiger partial charge in [-0.25, -0.2) is 0 Å². The Morgan fingerprint density at radius 1 is 0.292 bits per heavy atom. The van der Waals surface area contributed by atoms with E-state index >= 15 is 0 Å². The number of esters is 3. The largest absolute Gasteiger partial charge is 0.462 e. The molecule has 0 aliphatic rings. The predicted molar refractivity (Wildman–Crippen MR) is 311 cm³/mol. The average Bonchev–Trinajstić information content (AvgIpc) is 3.38. The zero-order valence-electron chi connectivity index (χ0n) is 47.2. The van der Waals surface area contributed by atoms with Crippen LogP contribution in [0.1, 0.15) is 284 Å². The van der Waals surface area contributed by atoms with Gasteiger partial charge in [0, 0.05) is 19.3 Å². The minimum atomic E-state index is -0.794. The first-order valence-corrected chi connectivity index (χ1v) is 30.2. The van der Waals surface area contributed by atoms with Gasteiger partial charge in [0.05, 0.1) is 0 Å². The van der Waals surface area contributed by atoms with Gasteiger partial charge in [-0.05, 0) is 103 Å². The Balaban J connectivity index is 4.41. The Morgan fingerprint density at radius 3 is 0.889 bits per heavy atom. The summed E-state index contributed by atoms with van der Waals surface area (Å²) in [5.41, 5.74) is 0. The molecule has 412 valence electrons. The minimum Gasteiger partial charge on any atom is -0.462 e. The molecule has 0 bridgehead atoms. The summed E-state index contributed by atoms with van der Waals surface area (Å²) < 4.78 is 16.9. The highest BCUT2D eigenvalue weighted by Crippen LogP contribution is 2.16. The fraction of sp³-hybridized carbons (Fsp3) is 0.712. The summed E-state index contributed by atoms with van der Waals surface area (Å²) >= 11 is 0. The molecule has 0 amide bonds. The molecular weight excluding hydrogens is 889 g/mol. The number of hydrogen-bond acceptors (Lipinski definition) is 6.